The van der Waals surface area contributed by atoms with E-state index >= 15 is 0 Å². The highest BCUT2D eigenvalue weighted by molar-refractivity contribution is 5.96. The van der Waals surface area contributed by atoms with Crippen molar-refractivity contribution in [3.05, 3.63) is 54.0 Å². The van der Waals surface area contributed by atoms with Gasteiger partial charge in [0, 0.05) is 64.5 Å². The molecule has 0 aromatic carbocycles. The number of likely N-dealkylation sites (tertiary alicyclic amines) is 1. The molecule has 2 bridgehead atoms. The summed E-state index contributed by atoms with van der Waals surface area (Å²) in [6.07, 6.45) is 5.57. The number of methoxy groups -OCH3 is 1. The van der Waals surface area contributed by atoms with Crippen LogP contribution in [0.15, 0.2) is 42.9 Å². The Morgan fingerprint density at radius 3 is 2.86 bits per heavy atom. The number of pyridine rings is 2. The molecule has 2 aromatic rings. The van der Waals surface area contributed by atoms with Gasteiger partial charge in [0.05, 0.1) is 12.1 Å². The molecular formula is C25H30N6O5. The second-order valence-electron chi connectivity index (χ2n) is 9.34. The molecule has 3 atom stereocenters. The van der Waals surface area contributed by atoms with Gasteiger partial charge in [-0.1, -0.05) is 6.07 Å². The highest BCUT2D eigenvalue weighted by Crippen LogP contribution is 2.26. The topological polar surface area (TPSA) is 117 Å². The van der Waals surface area contributed by atoms with Crippen LogP contribution in [0.25, 0.3) is 0 Å². The molecule has 0 aliphatic carbocycles. The van der Waals surface area contributed by atoms with Crippen molar-refractivity contribution in [2.45, 2.75) is 31.1 Å². The van der Waals surface area contributed by atoms with Crippen LogP contribution in [-0.2, 0) is 20.9 Å². The second kappa shape index (κ2) is 10.6. The predicted molar refractivity (Wildman–Crippen MR) is 128 cm³/mol. The molecule has 11 nitrogen and oxygen atoms in total. The highest BCUT2D eigenvalue weighted by Gasteiger charge is 2.43. The van der Waals surface area contributed by atoms with Gasteiger partial charge in [-0.25, -0.2) is 4.98 Å². The number of amides is 3. The normalized spacial score (nSPS) is 24.6. The van der Waals surface area contributed by atoms with E-state index in [0.717, 1.165) is 5.56 Å². The number of aromatic nitrogens is 2. The molecule has 3 aliphatic heterocycles. The van der Waals surface area contributed by atoms with Gasteiger partial charge in [0.15, 0.2) is 0 Å². The van der Waals surface area contributed by atoms with Gasteiger partial charge in [-0.15, -0.1) is 0 Å². The van der Waals surface area contributed by atoms with Crippen molar-refractivity contribution < 1.29 is 23.9 Å². The van der Waals surface area contributed by atoms with E-state index in [1.807, 2.05) is 17.0 Å². The molecule has 36 heavy (non-hydrogen) atoms. The molecule has 3 amide bonds. The van der Waals surface area contributed by atoms with Crippen LogP contribution in [-0.4, -0.2) is 107 Å². The molecule has 3 aliphatic rings. The van der Waals surface area contributed by atoms with Gasteiger partial charge in [-0.3, -0.25) is 24.3 Å². The number of nitrogens with one attached hydrogen (secondary N) is 1. The summed E-state index contributed by atoms with van der Waals surface area (Å²) in [4.78, 5) is 53.7. The van der Waals surface area contributed by atoms with E-state index in [1.54, 1.807) is 35.6 Å². The molecule has 0 radical (unpaired) electrons. The molecule has 0 unspecified atom stereocenters. The smallest absolute Gasteiger partial charge is 0.257 e. The molecule has 2 saturated heterocycles. The standard InChI is InChI=1S/C25H30N6O5/c1-35-16-22(32)29-8-9-31-19(14-29)15-36-24-20(5-3-7-27-24)23(33)28-18-10-21(25(31)34)30(13-18)12-17-4-2-6-26-11-17/h2-7,11,18-19,21H,8-10,12-16H2,1H3,(H,28,33)/t18-,19-,21-/m0/s1. The Bertz CT molecular complexity index is 1120. The Morgan fingerprint density at radius 2 is 2.06 bits per heavy atom. The summed E-state index contributed by atoms with van der Waals surface area (Å²) in [6.45, 7) is 2.31. The van der Waals surface area contributed by atoms with Gasteiger partial charge < -0.3 is 24.6 Å². The summed E-state index contributed by atoms with van der Waals surface area (Å²) < 4.78 is 11.0. The molecule has 5 rings (SSSR count). The maximum absolute atomic E-state index is 13.9. The maximum atomic E-state index is 13.9. The third kappa shape index (κ3) is 5.02. The molecule has 5 heterocycles. The first kappa shape index (κ1) is 24.1. The van der Waals surface area contributed by atoms with Crippen LogP contribution in [0.3, 0.4) is 0 Å². The molecule has 0 saturated carbocycles. The molecular weight excluding hydrogens is 464 g/mol. The first-order valence-electron chi connectivity index (χ1n) is 12.1. The minimum atomic E-state index is -0.410. The van der Waals surface area contributed by atoms with Gasteiger partial charge in [0.2, 0.25) is 17.7 Å². The van der Waals surface area contributed by atoms with Crippen LogP contribution in [0.4, 0.5) is 0 Å². The Labute approximate surface area is 209 Å². The van der Waals surface area contributed by atoms with Gasteiger partial charge >= 0.3 is 0 Å². The van der Waals surface area contributed by atoms with Crippen molar-refractivity contribution in [2.24, 2.45) is 0 Å². The largest absolute Gasteiger partial charge is 0.475 e. The van der Waals surface area contributed by atoms with Crippen LogP contribution >= 0.6 is 0 Å². The van der Waals surface area contributed by atoms with E-state index < -0.39 is 6.04 Å². The first-order chi connectivity index (χ1) is 17.5. The number of fused-ring (bicyclic) bond motifs is 4. The van der Waals surface area contributed by atoms with Crippen LogP contribution in [0.5, 0.6) is 5.88 Å². The zero-order valence-electron chi connectivity index (χ0n) is 20.2. The van der Waals surface area contributed by atoms with Crippen molar-refractivity contribution in [3.8, 4) is 5.88 Å². The fourth-order valence-corrected chi connectivity index (χ4v) is 5.20. The highest BCUT2D eigenvalue weighted by atomic mass is 16.5. The van der Waals surface area contributed by atoms with Crippen molar-refractivity contribution in [1.29, 1.82) is 0 Å². The SMILES string of the molecule is COCC(=O)N1CCN2C(=O)[C@@H]3C[C@@H](CN3Cc3cccnc3)NC(=O)c3cccnc3OC[C@@H]2C1. The number of hydrogen-bond acceptors (Lipinski definition) is 8. The Morgan fingerprint density at radius 1 is 1.19 bits per heavy atom. The van der Waals surface area contributed by atoms with Gasteiger partial charge in [-0.2, -0.15) is 0 Å². The van der Waals surface area contributed by atoms with Gasteiger partial charge in [-0.05, 0) is 30.2 Å². The third-order valence-electron chi connectivity index (χ3n) is 6.95. The maximum Gasteiger partial charge on any atom is 0.257 e. The zero-order chi connectivity index (χ0) is 25.1. The zero-order valence-corrected chi connectivity index (χ0v) is 20.2. The Kier molecular flexibility index (Phi) is 7.10. The van der Waals surface area contributed by atoms with Crippen molar-refractivity contribution >= 4 is 17.7 Å². The number of hydrogen-bond donors (Lipinski definition) is 1. The van der Waals surface area contributed by atoms with Crippen molar-refractivity contribution in [1.82, 2.24) is 30.0 Å². The Hall–Kier alpha value is -3.57. The first-order valence-corrected chi connectivity index (χ1v) is 12.1. The lowest BCUT2D eigenvalue weighted by Gasteiger charge is -2.43. The predicted octanol–water partition coefficient (Wildman–Crippen LogP) is -0.0723. The molecule has 2 aromatic heterocycles. The number of piperazine rings is 1. The molecule has 11 heteroatoms. The lowest BCUT2D eigenvalue weighted by molar-refractivity contribution is -0.148. The molecule has 2 fully saturated rings. The monoisotopic (exact) mass is 494 g/mol. The van der Waals surface area contributed by atoms with Crippen molar-refractivity contribution in [2.75, 3.05) is 46.5 Å². The lowest BCUT2D eigenvalue weighted by Crippen LogP contribution is -2.61. The van der Waals surface area contributed by atoms with Crippen LogP contribution < -0.4 is 10.1 Å². The minimum absolute atomic E-state index is 0.0186. The lowest BCUT2D eigenvalue weighted by atomic mass is 10.1. The summed E-state index contributed by atoms with van der Waals surface area (Å²) >= 11 is 0. The average Bonchev–Trinajstić information content (AvgIpc) is 3.29. The number of carbonyl (C=O) groups is 3. The third-order valence-corrected chi connectivity index (χ3v) is 6.95. The van der Waals surface area contributed by atoms with E-state index in [4.69, 9.17) is 9.47 Å². The van der Waals surface area contributed by atoms with Gasteiger partial charge in [0.25, 0.3) is 5.91 Å². The second-order valence-corrected chi connectivity index (χ2v) is 9.34. The summed E-state index contributed by atoms with van der Waals surface area (Å²) in [5.41, 5.74) is 1.34. The quantitative estimate of drug-likeness (QED) is 0.628. The summed E-state index contributed by atoms with van der Waals surface area (Å²) in [5, 5.41) is 3.07. The number of ether oxygens (including phenoxy) is 2. The fourth-order valence-electron chi connectivity index (χ4n) is 5.20. The van der Waals surface area contributed by atoms with E-state index in [0.29, 0.717) is 44.7 Å². The minimum Gasteiger partial charge on any atom is -0.475 e. The molecule has 0 spiro atoms. The number of rotatable bonds is 4. The molecule has 190 valence electrons. The van der Waals surface area contributed by atoms with E-state index in [2.05, 4.69) is 20.2 Å². The number of carbonyl (C=O) groups excluding carboxylic acids is 3. The summed E-state index contributed by atoms with van der Waals surface area (Å²) in [7, 11) is 1.48. The van der Waals surface area contributed by atoms with Crippen LogP contribution in [0.1, 0.15) is 22.3 Å². The summed E-state index contributed by atoms with van der Waals surface area (Å²) in [6, 6.07) is 6.22. The van der Waals surface area contributed by atoms with E-state index in [9.17, 15) is 14.4 Å². The van der Waals surface area contributed by atoms with Crippen LogP contribution in [0, 0.1) is 0 Å². The van der Waals surface area contributed by atoms with E-state index in [-0.39, 0.29) is 48.9 Å². The Balaban J connectivity index is 1.46. The summed E-state index contributed by atoms with van der Waals surface area (Å²) in [5.74, 6) is -0.224. The van der Waals surface area contributed by atoms with E-state index in [1.165, 1.54) is 7.11 Å². The average molecular weight is 495 g/mol. The van der Waals surface area contributed by atoms with Gasteiger partial charge in [0.1, 0.15) is 18.8 Å². The van der Waals surface area contributed by atoms with Crippen molar-refractivity contribution in [3.63, 3.8) is 0 Å². The fraction of sp³-hybridized carbons (Fsp3) is 0.480. The number of nitrogens with zero attached hydrogens (tertiary/aromatic N) is 5. The van der Waals surface area contributed by atoms with Crippen LogP contribution in [0.2, 0.25) is 0 Å². The molecule has 1 N–H and O–H groups in total.